The first-order chi connectivity index (χ1) is 16.0. The molecule has 0 atom stereocenters. The molecule has 1 saturated heterocycles. The Bertz CT molecular complexity index is 1080. The quantitative estimate of drug-likeness (QED) is 0.643. The molecule has 1 aromatic heterocycles. The summed E-state index contributed by atoms with van der Waals surface area (Å²) in [4.78, 5) is 18.2. The molecule has 2 aliphatic heterocycles. The first kappa shape index (κ1) is 23.0. The topological polar surface area (TPSA) is 60.9 Å². The Hall–Kier alpha value is -1.74. The van der Waals surface area contributed by atoms with E-state index in [1.165, 1.54) is 53.3 Å². The fraction of sp³-hybridized carbons (Fsp3) is 0.560. The molecule has 1 amide bonds. The van der Waals surface area contributed by atoms with Crippen LogP contribution in [0.15, 0.2) is 40.6 Å². The van der Waals surface area contributed by atoms with E-state index in [4.69, 9.17) is 0 Å². The van der Waals surface area contributed by atoms with Crippen LogP contribution in [0.5, 0.6) is 0 Å². The highest BCUT2D eigenvalue weighted by Crippen LogP contribution is 2.31. The zero-order valence-electron chi connectivity index (χ0n) is 19.1. The van der Waals surface area contributed by atoms with Gasteiger partial charge in [-0.1, -0.05) is 43.5 Å². The molecule has 2 aromatic rings. The van der Waals surface area contributed by atoms with Gasteiger partial charge in [0.2, 0.25) is 10.0 Å². The molecular weight excluding hydrogens is 454 g/mol. The summed E-state index contributed by atoms with van der Waals surface area (Å²) in [6.45, 7) is 5.03. The van der Waals surface area contributed by atoms with Gasteiger partial charge in [0.25, 0.3) is 5.91 Å². The van der Waals surface area contributed by atoms with Crippen molar-refractivity contribution < 1.29 is 13.2 Å². The van der Waals surface area contributed by atoms with Gasteiger partial charge >= 0.3 is 0 Å². The maximum absolute atomic E-state index is 13.5. The number of sulfonamides is 1. The summed E-state index contributed by atoms with van der Waals surface area (Å²) >= 11 is 1.25. The third-order valence-electron chi connectivity index (χ3n) is 7.44. The van der Waals surface area contributed by atoms with E-state index in [1.54, 1.807) is 11.4 Å². The van der Waals surface area contributed by atoms with E-state index in [2.05, 4.69) is 11.0 Å². The second kappa shape index (κ2) is 9.86. The molecule has 0 unspecified atom stereocenters. The number of amides is 1. The predicted molar refractivity (Wildman–Crippen MR) is 131 cm³/mol. The maximum Gasteiger partial charge on any atom is 0.265 e. The molecule has 6 nitrogen and oxygen atoms in total. The fourth-order valence-corrected chi connectivity index (χ4v) is 8.26. The van der Waals surface area contributed by atoms with Crippen LogP contribution < -0.4 is 0 Å². The van der Waals surface area contributed by atoms with E-state index in [0.29, 0.717) is 37.5 Å². The van der Waals surface area contributed by atoms with Crippen LogP contribution in [0, 0.1) is 5.92 Å². The van der Waals surface area contributed by atoms with Crippen molar-refractivity contribution in [1.29, 1.82) is 0 Å². The largest absolute Gasteiger partial charge is 0.335 e. The van der Waals surface area contributed by atoms with E-state index < -0.39 is 10.0 Å². The molecule has 5 rings (SSSR count). The van der Waals surface area contributed by atoms with Crippen molar-refractivity contribution in [3.8, 4) is 0 Å². The van der Waals surface area contributed by atoms with Gasteiger partial charge in [0, 0.05) is 45.8 Å². The van der Waals surface area contributed by atoms with Crippen molar-refractivity contribution in [2.75, 3.05) is 39.3 Å². The highest BCUT2D eigenvalue weighted by molar-refractivity contribution is 7.89. The maximum atomic E-state index is 13.5. The molecule has 0 spiro atoms. The van der Waals surface area contributed by atoms with Gasteiger partial charge in [0.05, 0.1) is 0 Å². The van der Waals surface area contributed by atoms with Gasteiger partial charge in [0.15, 0.2) is 0 Å². The molecule has 0 radical (unpaired) electrons. The van der Waals surface area contributed by atoms with Crippen LogP contribution in [0.25, 0.3) is 0 Å². The minimum Gasteiger partial charge on any atom is -0.335 e. The van der Waals surface area contributed by atoms with Crippen LogP contribution in [0.1, 0.15) is 52.9 Å². The smallest absolute Gasteiger partial charge is 0.265 e. The minimum atomic E-state index is -3.72. The monoisotopic (exact) mass is 487 g/mol. The van der Waals surface area contributed by atoms with Gasteiger partial charge in [0.1, 0.15) is 9.77 Å². The summed E-state index contributed by atoms with van der Waals surface area (Å²) in [7, 11) is -3.72. The Morgan fingerprint density at radius 2 is 1.67 bits per heavy atom. The molecular formula is C25H33N3O3S2. The van der Waals surface area contributed by atoms with E-state index in [9.17, 15) is 13.2 Å². The zero-order chi connectivity index (χ0) is 22.8. The van der Waals surface area contributed by atoms with E-state index in [0.717, 1.165) is 31.1 Å². The number of thiophene rings is 1. The van der Waals surface area contributed by atoms with E-state index in [1.807, 2.05) is 23.1 Å². The van der Waals surface area contributed by atoms with Gasteiger partial charge in [-0.25, -0.2) is 8.42 Å². The Labute approximate surface area is 201 Å². The average molecular weight is 488 g/mol. The molecule has 0 bridgehead atoms. The molecule has 2 fully saturated rings. The summed E-state index contributed by atoms with van der Waals surface area (Å²) in [5, 5.41) is 1.73. The molecule has 1 saturated carbocycles. The van der Waals surface area contributed by atoms with Crippen molar-refractivity contribution in [3.63, 3.8) is 0 Å². The summed E-state index contributed by atoms with van der Waals surface area (Å²) in [5.41, 5.74) is 2.25. The van der Waals surface area contributed by atoms with Gasteiger partial charge in [-0.15, -0.1) is 11.3 Å². The lowest BCUT2D eigenvalue weighted by Crippen LogP contribution is -2.50. The number of hydrogen-bond acceptors (Lipinski definition) is 5. The van der Waals surface area contributed by atoms with Crippen molar-refractivity contribution in [3.05, 3.63) is 51.7 Å². The number of carbonyl (C=O) groups excluding carboxylic acids is 1. The Balaban J connectivity index is 1.24. The number of benzene rings is 1. The molecule has 0 N–H and O–H groups in total. The summed E-state index contributed by atoms with van der Waals surface area (Å²) in [6.07, 6.45) is 7.43. The van der Waals surface area contributed by atoms with Crippen LogP contribution in [0.2, 0.25) is 0 Å². The SMILES string of the molecule is O=C(c1sccc1S(=O)(=O)N1CCc2ccccc2C1)N1CCN(CC2CCCCC2)CC1. The molecule has 1 aromatic carbocycles. The third-order valence-corrected chi connectivity index (χ3v) is 10.4. The van der Waals surface area contributed by atoms with Crippen molar-refractivity contribution in [2.24, 2.45) is 5.92 Å². The summed E-state index contributed by atoms with van der Waals surface area (Å²) < 4.78 is 28.5. The van der Waals surface area contributed by atoms with Gasteiger partial charge in [-0.3, -0.25) is 9.69 Å². The lowest BCUT2D eigenvalue weighted by molar-refractivity contribution is 0.0607. The Morgan fingerprint density at radius 3 is 2.42 bits per heavy atom. The van der Waals surface area contributed by atoms with Crippen molar-refractivity contribution in [2.45, 2.75) is 50.0 Å². The molecule has 3 heterocycles. The van der Waals surface area contributed by atoms with Crippen molar-refractivity contribution in [1.82, 2.24) is 14.1 Å². The van der Waals surface area contributed by atoms with Crippen molar-refractivity contribution >= 4 is 27.3 Å². The Kier molecular flexibility index (Phi) is 6.88. The zero-order valence-corrected chi connectivity index (χ0v) is 20.7. The summed E-state index contributed by atoms with van der Waals surface area (Å²) in [5.74, 6) is 0.656. The van der Waals surface area contributed by atoms with Gasteiger partial charge in [-0.2, -0.15) is 4.31 Å². The van der Waals surface area contributed by atoms with Crippen LogP contribution in [-0.2, 0) is 23.0 Å². The highest BCUT2D eigenvalue weighted by atomic mass is 32.2. The van der Waals surface area contributed by atoms with Crippen LogP contribution in [-0.4, -0.2) is 67.7 Å². The number of hydrogen-bond donors (Lipinski definition) is 0. The number of carbonyl (C=O) groups is 1. The average Bonchev–Trinajstić information content (AvgIpc) is 3.35. The van der Waals surface area contributed by atoms with Crippen LogP contribution in [0.4, 0.5) is 0 Å². The standard InChI is InChI=1S/C25H33N3O3S2/c29-25(27-15-13-26(14-16-27)18-20-6-2-1-3-7-20)24-23(11-17-32-24)33(30,31)28-12-10-21-8-4-5-9-22(21)19-28/h4-5,8-9,11,17,20H,1-3,6-7,10,12-16,18-19H2. The lowest BCUT2D eigenvalue weighted by atomic mass is 9.89. The Morgan fingerprint density at radius 1 is 0.939 bits per heavy atom. The molecule has 178 valence electrons. The molecule has 1 aliphatic carbocycles. The molecule has 33 heavy (non-hydrogen) atoms. The highest BCUT2D eigenvalue weighted by Gasteiger charge is 2.34. The lowest BCUT2D eigenvalue weighted by Gasteiger charge is -2.37. The molecule has 8 heteroatoms. The van der Waals surface area contributed by atoms with Gasteiger partial charge < -0.3 is 4.90 Å². The van der Waals surface area contributed by atoms with Crippen LogP contribution in [0.3, 0.4) is 0 Å². The number of rotatable bonds is 5. The second-order valence-electron chi connectivity index (χ2n) is 9.57. The van der Waals surface area contributed by atoms with Gasteiger partial charge in [-0.05, 0) is 47.8 Å². The first-order valence-electron chi connectivity index (χ1n) is 12.2. The fourth-order valence-electron chi connectivity index (χ4n) is 5.48. The number of fused-ring (bicyclic) bond motifs is 1. The van der Waals surface area contributed by atoms with Crippen LogP contribution >= 0.6 is 11.3 Å². The minimum absolute atomic E-state index is 0.140. The first-order valence-corrected chi connectivity index (χ1v) is 14.5. The third kappa shape index (κ3) is 4.90. The normalized spacial score (nSPS) is 21.2. The van der Waals surface area contributed by atoms with E-state index >= 15 is 0 Å². The summed E-state index contributed by atoms with van der Waals surface area (Å²) in [6, 6.07) is 9.60. The second-order valence-corrected chi connectivity index (χ2v) is 12.4. The van der Waals surface area contributed by atoms with E-state index in [-0.39, 0.29) is 10.8 Å². The molecule has 3 aliphatic rings. The number of nitrogens with zero attached hydrogens (tertiary/aromatic N) is 3. The predicted octanol–water partition coefficient (Wildman–Crippen LogP) is 3.83. The number of piperazine rings is 1.